The Morgan fingerprint density at radius 2 is 1.07 bits per heavy atom. The number of benzene rings is 2. The van der Waals surface area contributed by atoms with Crippen LogP contribution in [0.4, 0.5) is 5.69 Å². The number of oxime groups is 2. The van der Waals surface area contributed by atoms with Gasteiger partial charge < -0.3 is 15.5 Å². The predicted octanol–water partition coefficient (Wildman–Crippen LogP) is 3.27. The van der Waals surface area contributed by atoms with Crippen molar-refractivity contribution in [2.24, 2.45) is 36.3 Å². The molecule has 2 aromatic rings. The number of hydrogen-bond acceptors (Lipinski definition) is 11. The Labute approximate surface area is 161 Å². The molecule has 0 unspecified atom stereocenters. The second-order valence-electron chi connectivity index (χ2n) is 5.24. The minimum absolute atomic E-state index is 0.0760. The first kappa shape index (κ1) is 20.6. The van der Waals surface area contributed by atoms with Crippen LogP contribution in [0.2, 0.25) is 0 Å². The van der Waals surface area contributed by atoms with Gasteiger partial charge in [-0.15, -0.1) is 24.9 Å². The minimum Gasteiger partial charge on any atom is -0.507 e. The molecule has 0 aliphatic rings. The van der Waals surface area contributed by atoms with Gasteiger partial charge in [-0.3, -0.25) is 0 Å². The fourth-order valence-electron chi connectivity index (χ4n) is 2.49. The largest absolute Gasteiger partial charge is 0.507 e. The Hall–Kier alpha value is -4.68. The highest BCUT2D eigenvalue weighted by Crippen LogP contribution is 2.33. The molecule has 13 heteroatoms. The number of nitroso groups, excluding NO2 is 3. The van der Waals surface area contributed by atoms with E-state index in [-0.39, 0.29) is 33.7 Å². The number of phenolic OH excluding ortho intramolecular Hbond substituents is 1. The molecule has 2 aromatic carbocycles. The zero-order valence-electron chi connectivity index (χ0n) is 14.3. The highest BCUT2D eigenvalue weighted by atomic mass is 16.4. The Morgan fingerprint density at radius 3 is 1.41 bits per heavy atom. The standard InChI is InChI=1S/C16H11N7O6/c24-16-13(7-19-25)3-10(4-14(16)8-20-26)9-1-11(5-17-22-28)15(21-27)12(2-9)6-18-23-29/h1-8,24-26H/b17-5+,18-6+,19-7+,20-8+. The molecule has 0 atom stereocenters. The number of aromatic hydroxyl groups is 1. The SMILES string of the molecule is O=N/N=C/c1cc(-c2cc(/C=N/O)c(O)c(/C=N/O)c2)cc(/C=N/N=O)c1N=O. The molecule has 2 rings (SSSR count). The topological polar surface area (TPSA) is 198 Å². The van der Waals surface area contributed by atoms with Crippen molar-refractivity contribution in [3.63, 3.8) is 0 Å². The van der Waals surface area contributed by atoms with Gasteiger partial charge in [-0.25, -0.2) is 0 Å². The summed E-state index contributed by atoms with van der Waals surface area (Å²) in [5.74, 6) is -0.325. The smallest absolute Gasteiger partial charge is 0.133 e. The molecule has 0 aliphatic heterocycles. The molecule has 0 aliphatic carbocycles. The Morgan fingerprint density at radius 1 is 0.655 bits per heavy atom. The van der Waals surface area contributed by atoms with E-state index in [1.807, 2.05) is 0 Å². The third-order valence-corrected chi connectivity index (χ3v) is 3.64. The fraction of sp³-hybridized carbons (Fsp3) is 0. The molecule has 0 fully saturated rings. The summed E-state index contributed by atoms with van der Waals surface area (Å²) in [5.41, 5.74) is 0.907. The molecular formula is C16H11N7O6. The van der Waals surface area contributed by atoms with Crippen molar-refractivity contribution in [1.29, 1.82) is 0 Å². The van der Waals surface area contributed by atoms with Crippen LogP contribution in [-0.4, -0.2) is 40.4 Å². The van der Waals surface area contributed by atoms with Crippen molar-refractivity contribution >= 4 is 30.5 Å². The molecule has 0 heterocycles. The first-order valence-corrected chi connectivity index (χ1v) is 7.54. The second kappa shape index (κ2) is 9.86. The van der Waals surface area contributed by atoms with Gasteiger partial charge in [0.05, 0.1) is 35.4 Å². The molecule has 29 heavy (non-hydrogen) atoms. The maximum atomic E-state index is 11.2. The van der Waals surface area contributed by atoms with Gasteiger partial charge in [-0.2, -0.15) is 0 Å². The first-order chi connectivity index (χ1) is 14.1. The molecule has 0 bridgehead atoms. The van der Waals surface area contributed by atoms with Crippen molar-refractivity contribution in [1.82, 2.24) is 0 Å². The minimum atomic E-state index is -0.325. The lowest BCUT2D eigenvalue weighted by molar-refractivity contribution is 0.321. The number of phenols is 1. The summed E-state index contributed by atoms with van der Waals surface area (Å²) in [7, 11) is 0. The molecule has 0 spiro atoms. The van der Waals surface area contributed by atoms with Gasteiger partial charge in [-0.05, 0) is 40.6 Å². The van der Waals surface area contributed by atoms with Gasteiger partial charge in [0.2, 0.25) is 0 Å². The maximum Gasteiger partial charge on any atom is 0.133 e. The molecule has 0 amide bonds. The van der Waals surface area contributed by atoms with E-state index in [0.29, 0.717) is 11.1 Å². The van der Waals surface area contributed by atoms with Crippen LogP contribution in [0.1, 0.15) is 22.3 Å². The zero-order chi connectivity index (χ0) is 21.2. The van der Waals surface area contributed by atoms with E-state index in [4.69, 9.17) is 10.4 Å². The summed E-state index contributed by atoms with van der Waals surface area (Å²) in [5, 5.41) is 47.3. The van der Waals surface area contributed by atoms with Crippen LogP contribution in [0, 0.1) is 14.7 Å². The average Bonchev–Trinajstić information content (AvgIpc) is 2.73. The number of rotatable bonds is 8. The predicted molar refractivity (Wildman–Crippen MR) is 105 cm³/mol. The van der Waals surface area contributed by atoms with Crippen LogP contribution in [-0.2, 0) is 0 Å². The summed E-state index contributed by atoms with van der Waals surface area (Å²) in [6, 6.07) is 5.68. The average molecular weight is 397 g/mol. The van der Waals surface area contributed by atoms with Gasteiger partial charge in [0.1, 0.15) is 11.4 Å². The summed E-state index contributed by atoms with van der Waals surface area (Å²) in [6.07, 6.45) is 3.86. The van der Waals surface area contributed by atoms with Gasteiger partial charge in [0.15, 0.2) is 0 Å². The summed E-state index contributed by atoms with van der Waals surface area (Å²) in [6.45, 7) is 0. The third-order valence-electron chi connectivity index (χ3n) is 3.64. The zero-order valence-corrected chi connectivity index (χ0v) is 14.3. The lowest BCUT2D eigenvalue weighted by atomic mass is 9.95. The van der Waals surface area contributed by atoms with E-state index in [0.717, 1.165) is 24.9 Å². The number of nitrogens with zero attached hydrogens (tertiary/aromatic N) is 7. The van der Waals surface area contributed by atoms with Crippen LogP contribution >= 0.6 is 0 Å². The van der Waals surface area contributed by atoms with Crippen LogP contribution in [0.5, 0.6) is 5.75 Å². The Bertz CT molecular complexity index is 990. The van der Waals surface area contributed by atoms with Gasteiger partial charge >= 0.3 is 0 Å². The van der Waals surface area contributed by atoms with Gasteiger partial charge in [0, 0.05) is 22.3 Å². The molecule has 146 valence electrons. The lowest BCUT2D eigenvalue weighted by Gasteiger charge is -2.11. The van der Waals surface area contributed by atoms with Crippen molar-refractivity contribution in [2.75, 3.05) is 0 Å². The summed E-state index contributed by atoms with van der Waals surface area (Å²) >= 11 is 0. The highest BCUT2D eigenvalue weighted by molar-refractivity contribution is 6.00. The van der Waals surface area contributed by atoms with Gasteiger partial charge in [-0.1, -0.05) is 10.3 Å². The van der Waals surface area contributed by atoms with Crippen LogP contribution < -0.4 is 0 Å². The van der Waals surface area contributed by atoms with Crippen molar-refractivity contribution in [3.8, 4) is 16.9 Å². The fourth-order valence-corrected chi connectivity index (χ4v) is 2.49. The van der Waals surface area contributed by atoms with E-state index >= 15 is 0 Å². The van der Waals surface area contributed by atoms with Crippen molar-refractivity contribution in [3.05, 3.63) is 61.2 Å². The molecule has 0 saturated heterocycles. The molecule has 0 saturated carbocycles. The van der Waals surface area contributed by atoms with Crippen LogP contribution in [0.15, 0.2) is 60.5 Å². The normalized spacial score (nSPS) is 11.7. The van der Waals surface area contributed by atoms with E-state index in [1.54, 1.807) is 0 Å². The highest BCUT2D eigenvalue weighted by Gasteiger charge is 2.14. The second-order valence-corrected chi connectivity index (χ2v) is 5.24. The third kappa shape index (κ3) is 4.73. The summed E-state index contributed by atoms with van der Waals surface area (Å²) in [4.78, 5) is 31.9. The quantitative estimate of drug-likeness (QED) is 0.264. The van der Waals surface area contributed by atoms with Crippen molar-refractivity contribution in [2.45, 2.75) is 0 Å². The van der Waals surface area contributed by atoms with E-state index in [1.165, 1.54) is 24.3 Å². The Balaban J connectivity index is 2.84. The van der Waals surface area contributed by atoms with Crippen LogP contribution in [0.3, 0.4) is 0 Å². The molecule has 3 N–H and O–H groups in total. The van der Waals surface area contributed by atoms with E-state index < -0.39 is 0 Å². The molecular weight excluding hydrogens is 386 g/mol. The molecule has 0 aromatic heterocycles. The summed E-state index contributed by atoms with van der Waals surface area (Å²) < 4.78 is 0. The van der Waals surface area contributed by atoms with Gasteiger partial charge in [0.25, 0.3) is 0 Å². The lowest BCUT2D eigenvalue weighted by Crippen LogP contribution is -1.95. The van der Waals surface area contributed by atoms with E-state index in [9.17, 15) is 19.8 Å². The monoisotopic (exact) mass is 397 g/mol. The van der Waals surface area contributed by atoms with E-state index in [2.05, 4.69) is 36.3 Å². The van der Waals surface area contributed by atoms with Crippen molar-refractivity contribution < 1.29 is 15.5 Å². The molecule has 0 radical (unpaired) electrons. The van der Waals surface area contributed by atoms with Crippen LogP contribution in [0.25, 0.3) is 11.1 Å². The molecule has 13 nitrogen and oxygen atoms in total. The maximum absolute atomic E-state index is 11.2. The first-order valence-electron chi connectivity index (χ1n) is 7.54. The Kier molecular flexibility index (Phi) is 7.02. The number of hydrogen-bond donors (Lipinski definition) is 3.